The first-order valence-electron chi connectivity index (χ1n) is 12.8. The van der Waals surface area contributed by atoms with Crippen LogP contribution in [0.2, 0.25) is 0 Å². The molecule has 0 bridgehead atoms. The van der Waals surface area contributed by atoms with Crippen LogP contribution in [0.4, 0.5) is 0 Å². The number of hydrogen-bond donors (Lipinski definition) is 1. The molecule has 3 amide bonds. The summed E-state index contributed by atoms with van der Waals surface area (Å²) in [6, 6.07) is 8.50. The average Bonchev–Trinajstić information content (AvgIpc) is 3.74. The van der Waals surface area contributed by atoms with E-state index in [-0.39, 0.29) is 48.1 Å². The summed E-state index contributed by atoms with van der Waals surface area (Å²) in [4.78, 5) is 47.9. The Hall–Kier alpha value is -3.46. The number of aromatic nitrogens is 1. The Morgan fingerprint density at radius 1 is 1.16 bits per heavy atom. The second kappa shape index (κ2) is 10.9. The molecule has 1 aliphatic carbocycles. The number of benzene rings is 1. The van der Waals surface area contributed by atoms with Crippen LogP contribution in [-0.4, -0.2) is 95.5 Å². The Balaban J connectivity index is 1.67. The van der Waals surface area contributed by atoms with Crippen LogP contribution in [0.3, 0.4) is 0 Å². The molecule has 3 atom stereocenters. The number of carbonyl (C=O) groups is 3. The monoisotopic (exact) mass is 508 g/mol. The minimum Gasteiger partial charge on any atom is -0.472 e. The predicted molar refractivity (Wildman–Crippen MR) is 139 cm³/mol. The van der Waals surface area contributed by atoms with Crippen molar-refractivity contribution in [3.8, 4) is 17.0 Å². The normalized spacial score (nSPS) is 20.3. The van der Waals surface area contributed by atoms with Gasteiger partial charge in [-0.15, -0.1) is 0 Å². The topological polar surface area (TPSA) is 103 Å². The summed E-state index contributed by atoms with van der Waals surface area (Å²) < 4.78 is 6.30. The lowest BCUT2D eigenvalue weighted by Gasteiger charge is -2.37. The van der Waals surface area contributed by atoms with E-state index in [9.17, 15) is 19.5 Å². The van der Waals surface area contributed by atoms with Crippen LogP contribution in [0.15, 0.2) is 36.5 Å². The number of aliphatic hydroxyl groups is 1. The number of ether oxygens (including phenoxy) is 1. The zero-order valence-corrected chi connectivity index (χ0v) is 22.2. The highest BCUT2D eigenvalue weighted by Gasteiger charge is 2.37. The van der Waals surface area contributed by atoms with Gasteiger partial charge in [0.2, 0.25) is 11.8 Å². The lowest BCUT2D eigenvalue weighted by Crippen LogP contribution is -2.50. The number of amides is 3. The van der Waals surface area contributed by atoms with E-state index >= 15 is 0 Å². The molecule has 198 valence electrons. The van der Waals surface area contributed by atoms with E-state index in [2.05, 4.69) is 4.98 Å². The fourth-order valence-electron chi connectivity index (χ4n) is 4.54. The molecule has 0 saturated heterocycles. The number of carbonyl (C=O) groups excluding carboxylic acids is 3. The Labute approximate surface area is 218 Å². The summed E-state index contributed by atoms with van der Waals surface area (Å²) in [6.07, 6.45) is 3.13. The average molecular weight is 509 g/mol. The van der Waals surface area contributed by atoms with Crippen molar-refractivity contribution >= 4 is 17.7 Å². The molecule has 1 aliphatic heterocycles. The highest BCUT2D eigenvalue weighted by atomic mass is 16.5. The first-order valence-corrected chi connectivity index (χ1v) is 12.8. The second-order valence-corrected chi connectivity index (χ2v) is 10.5. The standard InChI is InChI=1S/C28H36N4O5/c1-17-14-32(18(2)16-33)28(36)23-12-22(19-6-8-20(9-7-19)26(34)30(3)4)13-29-25(23)37-24(17)15-31(5)27(35)21-10-11-21/h6-9,12-13,17-18,21,24,33H,10-11,14-16H2,1-5H3/t17-,18+,24-/m0/s1. The van der Waals surface area contributed by atoms with Gasteiger partial charge in [-0.05, 0) is 43.5 Å². The molecule has 0 spiro atoms. The Kier molecular flexibility index (Phi) is 7.82. The van der Waals surface area contributed by atoms with Gasteiger partial charge in [0.25, 0.3) is 11.8 Å². The summed E-state index contributed by atoms with van der Waals surface area (Å²) in [7, 11) is 5.19. The summed E-state index contributed by atoms with van der Waals surface area (Å²) in [5, 5.41) is 9.87. The number of nitrogens with zero attached hydrogens (tertiary/aromatic N) is 4. The molecule has 0 radical (unpaired) electrons. The zero-order valence-electron chi connectivity index (χ0n) is 22.2. The Morgan fingerprint density at radius 3 is 2.43 bits per heavy atom. The molecule has 2 aromatic rings. The smallest absolute Gasteiger partial charge is 0.259 e. The lowest BCUT2D eigenvalue weighted by atomic mass is 9.98. The molecule has 1 saturated carbocycles. The van der Waals surface area contributed by atoms with E-state index in [0.717, 1.165) is 18.4 Å². The minimum absolute atomic E-state index is 0.0923. The van der Waals surface area contributed by atoms with E-state index < -0.39 is 6.04 Å². The number of pyridine rings is 1. The summed E-state index contributed by atoms with van der Waals surface area (Å²) in [5.41, 5.74) is 2.39. The van der Waals surface area contributed by atoms with Crippen molar-refractivity contribution < 1.29 is 24.2 Å². The van der Waals surface area contributed by atoms with Gasteiger partial charge in [0.05, 0.1) is 19.2 Å². The van der Waals surface area contributed by atoms with Crippen LogP contribution in [0.1, 0.15) is 47.4 Å². The van der Waals surface area contributed by atoms with Crippen molar-refractivity contribution in [3.05, 3.63) is 47.7 Å². The number of aliphatic hydroxyl groups excluding tert-OH is 1. The van der Waals surface area contributed by atoms with E-state index in [0.29, 0.717) is 29.8 Å². The van der Waals surface area contributed by atoms with Gasteiger partial charge in [0, 0.05) is 56.8 Å². The second-order valence-electron chi connectivity index (χ2n) is 10.5. The molecule has 37 heavy (non-hydrogen) atoms. The van der Waals surface area contributed by atoms with Gasteiger partial charge in [0.15, 0.2) is 0 Å². The minimum atomic E-state index is -0.396. The first-order chi connectivity index (χ1) is 17.6. The van der Waals surface area contributed by atoms with Crippen LogP contribution >= 0.6 is 0 Å². The van der Waals surface area contributed by atoms with Crippen LogP contribution < -0.4 is 4.74 Å². The van der Waals surface area contributed by atoms with E-state index in [4.69, 9.17) is 4.74 Å². The molecule has 2 aliphatic rings. The Morgan fingerprint density at radius 2 is 1.84 bits per heavy atom. The van der Waals surface area contributed by atoms with E-state index in [1.165, 1.54) is 4.90 Å². The van der Waals surface area contributed by atoms with Gasteiger partial charge in [-0.3, -0.25) is 14.4 Å². The third-order valence-electron chi connectivity index (χ3n) is 7.15. The van der Waals surface area contributed by atoms with Gasteiger partial charge >= 0.3 is 0 Å². The van der Waals surface area contributed by atoms with Gasteiger partial charge in [0.1, 0.15) is 11.7 Å². The number of fused-ring (bicyclic) bond motifs is 1. The molecule has 2 heterocycles. The maximum absolute atomic E-state index is 13.7. The van der Waals surface area contributed by atoms with Crippen molar-refractivity contribution in [2.45, 2.75) is 38.8 Å². The molecule has 1 aromatic carbocycles. The first kappa shape index (κ1) is 26.6. The summed E-state index contributed by atoms with van der Waals surface area (Å²) in [6.45, 7) is 4.38. The SMILES string of the molecule is C[C@H](CO)N1C[C@H](C)[C@H](CN(C)C(=O)C2CC2)Oc2ncc(-c3ccc(C(=O)N(C)C)cc3)cc2C1=O. The third-order valence-corrected chi connectivity index (χ3v) is 7.15. The highest BCUT2D eigenvalue weighted by molar-refractivity contribution is 5.98. The van der Waals surface area contributed by atoms with Crippen LogP contribution in [0.5, 0.6) is 5.88 Å². The summed E-state index contributed by atoms with van der Waals surface area (Å²) >= 11 is 0. The van der Waals surface area contributed by atoms with Crippen LogP contribution in [0, 0.1) is 11.8 Å². The van der Waals surface area contributed by atoms with Gasteiger partial charge < -0.3 is 24.5 Å². The van der Waals surface area contributed by atoms with Crippen molar-refractivity contribution in [2.75, 3.05) is 40.8 Å². The molecule has 1 fully saturated rings. The maximum Gasteiger partial charge on any atom is 0.259 e. The molecule has 4 rings (SSSR count). The molecule has 9 nitrogen and oxygen atoms in total. The van der Waals surface area contributed by atoms with Crippen LogP contribution in [0.25, 0.3) is 11.1 Å². The fraction of sp³-hybridized carbons (Fsp3) is 0.500. The molecule has 0 unspecified atom stereocenters. The maximum atomic E-state index is 13.7. The zero-order chi connectivity index (χ0) is 26.9. The highest BCUT2D eigenvalue weighted by Crippen LogP contribution is 2.33. The van der Waals surface area contributed by atoms with E-state index in [1.807, 2.05) is 26.0 Å². The number of rotatable bonds is 7. The molecule has 1 N–H and O–H groups in total. The third kappa shape index (κ3) is 5.77. The van der Waals surface area contributed by atoms with Gasteiger partial charge in [-0.2, -0.15) is 0 Å². The predicted octanol–water partition coefficient (Wildman–Crippen LogP) is 2.54. The van der Waals surface area contributed by atoms with Gasteiger partial charge in [-0.25, -0.2) is 4.98 Å². The van der Waals surface area contributed by atoms with Crippen molar-refractivity contribution in [2.24, 2.45) is 11.8 Å². The number of likely N-dealkylation sites (N-methyl/N-ethyl adjacent to an activating group) is 1. The van der Waals surface area contributed by atoms with Crippen LogP contribution in [-0.2, 0) is 4.79 Å². The van der Waals surface area contributed by atoms with Crippen molar-refractivity contribution in [1.29, 1.82) is 0 Å². The lowest BCUT2D eigenvalue weighted by molar-refractivity contribution is -0.132. The van der Waals surface area contributed by atoms with Crippen molar-refractivity contribution in [1.82, 2.24) is 19.7 Å². The Bertz CT molecular complexity index is 1160. The molecule has 1 aromatic heterocycles. The molecular weight excluding hydrogens is 472 g/mol. The van der Waals surface area contributed by atoms with Gasteiger partial charge in [-0.1, -0.05) is 19.1 Å². The summed E-state index contributed by atoms with van der Waals surface area (Å²) in [5.74, 6) is -0.0118. The quantitative estimate of drug-likeness (QED) is 0.617. The molecule has 9 heteroatoms. The molecular formula is C28H36N4O5. The van der Waals surface area contributed by atoms with E-state index in [1.54, 1.807) is 55.3 Å². The fourth-order valence-corrected chi connectivity index (χ4v) is 4.54. The van der Waals surface area contributed by atoms with Crippen molar-refractivity contribution in [3.63, 3.8) is 0 Å². The number of hydrogen-bond acceptors (Lipinski definition) is 6. The largest absolute Gasteiger partial charge is 0.472 e.